The van der Waals surface area contributed by atoms with E-state index in [9.17, 15) is 4.79 Å². The smallest absolute Gasteiger partial charge is 0.223 e. The predicted molar refractivity (Wildman–Crippen MR) is 127 cm³/mol. The number of hydrogen-bond acceptors (Lipinski definition) is 3. The second-order valence-corrected chi connectivity index (χ2v) is 9.40. The van der Waals surface area contributed by atoms with Crippen molar-refractivity contribution in [1.82, 2.24) is 14.5 Å². The Morgan fingerprint density at radius 1 is 1.03 bits per heavy atom. The summed E-state index contributed by atoms with van der Waals surface area (Å²) in [6.07, 6.45) is 6.66. The van der Waals surface area contributed by atoms with E-state index in [1.807, 2.05) is 18.2 Å². The number of ether oxygens (including phenoxy) is 1. The van der Waals surface area contributed by atoms with Crippen molar-refractivity contribution in [2.75, 3.05) is 13.2 Å². The van der Waals surface area contributed by atoms with Crippen molar-refractivity contribution >= 4 is 16.9 Å². The molecule has 5 heteroatoms. The molecule has 32 heavy (non-hydrogen) atoms. The third kappa shape index (κ3) is 4.01. The topological polar surface area (TPSA) is 47.4 Å². The summed E-state index contributed by atoms with van der Waals surface area (Å²) in [6, 6.07) is 14.9. The van der Waals surface area contributed by atoms with Crippen molar-refractivity contribution in [2.24, 2.45) is 0 Å². The Hall–Kier alpha value is -2.82. The summed E-state index contributed by atoms with van der Waals surface area (Å²) in [5, 5.41) is 0. The molecule has 1 amide bonds. The molecule has 2 aromatic carbocycles. The largest absolute Gasteiger partial charge is 0.491 e. The number of hydrogen-bond donors (Lipinski definition) is 0. The molecule has 168 valence electrons. The van der Waals surface area contributed by atoms with Crippen molar-refractivity contribution in [3.05, 3.63) is 59.4 Å². The minimum absolute atomic E-state index is 0.150. The molecule has 2 heterocycles. The third-order valence-electron chi connectivity index (χ3n) is 7.35. The van der Waals surface area contributed by atoms with Gasteiger partial charge in [0.05, 0.1) is 17.6 Å². The molecule has 5 rings (SSSR count). The summed E-state index contributed by atoms with van der Waals surface area (Å²) in [6.45, 7) is 6.30. The summed E-state index contributed by atoms with van der Waals surface area (Å²) in [5.41, 5.74) is 4.55. The van der Waals surface area contributed by atoms with E-state index < -0.39 is 0 Å². The first-order valence-corrected chi connectivity index (χ1v) is 12.1. The molecule has 1 unspecified atom stereocenters. The number of likely N-dealkylation sites (tertiary alicyclic amines) is 1. The second-order valence-electron chi connectivity index (χ2n) is 9.40. The van der Waals surface area contributed by atoms with Crippen LogP contribution in [-0.2, 0) is 11.3 Å². The van der Waals surface area contributed by atoms with Gasteiger partial charge >= 0.3 is 0 Å². The standard InChI is InChI=1S/C27H33N3O2/c1-19-9-8-14-25(20(19)2)32-16-15-29-24-13-7-6-12-23(24)28-27(29)21-17-26(31)30(18-21)22-10-4-3-5-11-22/h6-9,12-14,21-22H,3-5,10-11,15-18H2,1-2H3. The lowest BCUT2D eigenvalue weighted by molar-refractivity contribution is -0.130. The van der Waals surface area contributed by atoms with Crippen molar-refractivity contribution in [1.29, 1.82) is 0 Å². The summed E-state index contributed by atoms with van der Waals surface area (Å²) >= 11 is 0. The van der Waals surface area contributed by atoms with Crippen LogP contribution < -0.4 is 4.74 Å². The Morgan fingerprint density at radius 3 is 2.69 bits per heavy atom. The van der Waals surface area contributed by atoms with Crippen LogP contribution >= 0.6 is 0 Å². The van der Waals surface area contributed by atoms with Gasteiger partial charge in [0.1, 0.15) is 18.2 Å². The molecule has 1 atom stereocenters. The molecule has 2 aliphatic rings. The lowest BCUT2D eigenvalue weighted by Crippen LogP contribution is -2.37. The Kier molecular flexibility index (Phi) is 5.90. The molecule has 0 bridgehead atoms. The van der Waals surface area contributed by atoms with Gasteiger partial charge in [-0.3, -0.25) is 4.79 Å². The van der Waals surface area contributed by atoms with Gasteiger partial charge in [-0.1, -0.05) is 43.5 Å². The number of aromatic nitrogens is 2. The molecule has 5 nitrogen and oxygen atoms in total. The van der Waals surface area contributed by atoms with Crippen LogP contribution in [0.2, 0.25) is 0 Å². The minimum atomic E-state index is 0.150. The first-order valence-electron chi connectivity index (χ1n) is 12.1. The number of fused-ring (bicyclic) bond motifs is 1. The number of rotatable bonds is 6. The Bertz CT molecular complexity index is 1110. The maximum absolute atomic E-state index is 12.9. The van der Waals surface area contributed by atoms with Gasteiger partial charge in [0.15, 0.2) is 0 Å². The van der Waals surface area contributed by atoms with E-state index in [1.54, 1.807) is 0 Å². The molecule has 1 aromatic heterocycles. The van der Waals surface area contributed by atoms with Gasteiger partial charge in [-0.25, -0.2) is 4.98 Å². The third-order valence-corrected chi connectivity index (χ3v) is 7.35. The SMILES string of the molecule is Cc1cccc(OCCn2c(C3CC(=O)N(C4CCCCC4)C3)nc3ccccc32)c1C. The van der Waals surface area contributed by atoms with E-state index in [1.165, 1.54) is 30.4 Å². The molecule has 0 spiro atoms. The van der Waals surface area contributed by atoms with Crippen LogP contribution in [0.5, 0.6) is 5.75 Å². The zero-order valence-corrected chi connectivity index (χ0v) is 19.2. The number of imidazole rings is 1. The van der Waals surface area contributed by atoms with Gasteiger partial charge in [-0.05, 0) is 56.0 Å². The van der Waals surface area contributed by atoms with Crippen molar-refractivity contribution < 1.29 is 9.53 Å². The Labute approximate surface area is 190 Å². The normalized spacial score (nSPS) is 19.8. The molecule has 2 fully saturated rings. The number of benzene rings is 2. The van der Waals surface area contributed by atoms with Crippen LogP contribution in [0, 0.1) is 13.8 Å². The van der Waals surface area contributed by atoms with Gasteiger partial charge in [-0.2, -0.15) is 0 Å². The number of carbonyl (C=O) groups is 1. The molecule has 3 aromatic rings. The number of carbonyl (C=O) groups excluding carboxylic acids is 1. The summed E-state index contributed by atoms with van der Waals surface area (Å²) in [5.74, 6) is 2.42. The Morgan fingerprint density at radius 2 is 1.84 bits per heavy atom. The lowest BCUT2D eigenvalue weighted by atomic mass is 9.94. The van der Waals surface area contributed by atoms with E-state index in [4.69, 9.17) is 9.72 Å². The lowest BCUT2D eigenvalue weighted by Gasteiger charge is -2.31. The molecule has 0 N–H and O–H groups in total. The highest BCUT2D eigenvalue weighted by Gasteiger charge is 2.37. The highest BCUT2D eigenvalue weighted by atomic mass is 16.5. The number of amides is 1. The van der Waals surface area contributed by atoms with Gasteiger partial charge in [0.2, 0.25) is 5.91 Å². The monoisotopic (exact) mass is 431 g/mol. The summed E-state index contributed by atoms with van der Waals surface area (Å²) in [7, 11) is 0. The predicted octanol–water partition coefficient (Wildman–Crippen LogP) is 5.38. The molecule has 1 saturated carbocycles. The van der Waals surface area contributed by atoms with Crippen molar-refractivity contribution in [3.63, 3.8) is 0 Å². The van der Waals surface area contributed by atoms with Gasteiger partial charge in [-0.15, -0.1) is 0 Å². The Balaban J connectivity index is 1.37. The van der Waals surface area contributed by atoms with E-state index in [2.05, 4.69) is 47.6 Å². The van der Waals surface area contributed by atoms with Crippen LogP contribution in [0.15, 0.2) is 42.5 Å². The van der Waals surface area contributed by atoms with Crippen LogP contribution in [0.25, 0.3) is 11.0 Å². The van der Waals surface area contributed by atoms with Crippen LogP contribution in [-0.4, -0.2) is 39.6 Å². The highest BCUT2D eigenvalue weighted by molar-refractivity contribution is 5.81. The minimum Gasteiger partial charge on any atom is -0.491 e. The number of nitrogens with zero attached hydrogens (tertiary/aromatic N) is 3. The first-order chi connectivity index (χ1) is 15.6. The zero-order valence-electron chi connectivity index (χ0n) is 19.2. The molecule has 1 aliphatic carbocycles. The fourth-order valence-electron chi connectivity index (χ4n) is 5.42. The summed E-state index contributed by atoms with van der Waals surface area (Å²) in [4.78, 5) is 20.1. The molecular formula is C27H33N3O2. The van der Waals surface area contributed by atoms with Crippen LogP contribution in [0.1, 0.15) is 61.4 Å². The number of para-hydroxylation sites is 2. The second kappa shape index (κ2) is 8.97. The molecule has 1 aliphatic heterocycles. The fourth-order valence-corrected chi connectivity index (χ4v) is 5.42. The quantitative estimate of drug-likeness (QED) is 0.526. The van der Waals surface area contributed by atoms with E-state index in [0.717, 1.165) is 48.5 Å². The summed E-state index contributed by atoms with van der Waals surface area (Å²) < 4.78 is 8.45. The maximum atomic E-state index is 12.9. The average molecular weight is 432 g/mol. The van der Waals surface area contributed by atoms with E-state index in [-0.39, 0.29) is 5.92 Å². The fraction of sp³-hybridized carbons (Fsp3) is 0.481. The molecular weight excluding hydrogens is 398 g/mol. The number of aryl methyl sites for hydroxylation is 1. The van der Waals surface area contributed by atoms with Gasteiger partial charge < -0.3 is 14.2 Å². The first kappa shape index (κ1) is 21.0. The van der Waals surface area contributed by atoms with Crippen molar-refractivity contribution in [3.8, 4) is 5.75 Å². The zero-order chi connectivity index (χ0) is 22.1. The highest BCUT2D eigenvalue weighted by Crippen LogP contribution is 2.34. The maximum Gasteiger partial charge on any atom is 0.223 e. The van der Waals surface area contributed by atoms with Crippen LogP contribution in [0.3, 0.4) is 0 Å². The van der Waals surface area contributed by atoms with E-state index in [0.29, 0.717) is 25.0 Å². The van der Waals surface area contributed by atoms with Gasteiger partial charge in [0, 0.05) is 24.9 Å². The average Bonchev–Trinajstić information content (AvgIpc) is 3.38. The molecule has 0 radical (unpaired) electrons. The van der Waals surface area contributed by atoms with Gasteiger partial charge in [0.25, 0.3) is 0 Å². The van der Waals surface area contributed by atoms with Crippen LogP contribution in [0.4, 0.5) is 0 Å². The van der Waals surface area contributed by atoms with E-state index >= 15 is 0 Å². The molecule has 1 saturated heterocycles. The van der Waals surface area contributed by atoms with Crippen molar-refractivity contribution in [2.45, 2.75) is 70.9 Å².